The summed E-state index contributed by atoms with van der Waals surface area (Å²) in [5.41, 5.74) is 2.75. The van der Waals surface area contributed by atoms with Crippen molar-refractivity contribution in [1.82, 2.24) is 5.32 Å². The van der Waals surface area contributed by atoms with E-state index in [1.807, 2.05) is 38.1 Å². The highest BCUT2D eigenvalue weighted by atomic mass is 16.5. The molecule has 0 saturated heterocycles. The second-order valence-electron chi connectivity index (χ2n) is 5.39. The lowest BCUT2D eigenvalue weighted by atomic mass is 10.1. The molecule has 0 spiro atoms. The van der Waals surface area contributed by atoms with Crippen LogP contribution in [0.2, 0.25) is 0 Å². The van der Waals surface area contributed by atoms with Gasteiger partial charge in [-0.3, -0.25) is 9.59 Å². The Balaban J connectivity index is 2.02. The Morgan fingerprint density at radius 3 is 2.48 bits per heavy atom. The molecule has 0 aliphatic carbocycles. The molecule has 132 valence electrons. The summed E-state index contributed by atoms with van der Waals surface area (Å²) < 4.78 is 5.49. The molecule has 0 atom stereocenters. The number of hydrogen-bond acceptors (Lipinski definition) is 4. The third-order valence-electron chi connectivity index (χ3n) is 3.71. The van der Waals surface area contributed by atoms with Gasteiger partial charge in [-0.2, -0.15) is 0 Å². The Morgan fingerprint density at radius 1 is 1.04 bits per heavy atom. The molecule has 6 nitrogen and oxygen atoms in total. The lowest BCUT2D eigenvalue weighted by Crippen LogP contribution is -2.23. The number of hydrogen-bond donors (Lipinski definition) is 3. The fraction of sp³-hybridized carbons (Fsp3) is 0.263. The van der Waals surface area contributed by atoms with Gasteiger partial charge in [0.15, 0.2) is 0 Å². The van der Waals surface area contributed by atoms with Gasteiger partial charge >= 0.3 is 0 Å². The zero-order valence-corrected chi connectivity index (χ0v) is 14.7. The van der Waals surface area contributed by atoms with E-state index in [4.69, 9.17) is 4.74 Å². The minimum Gasteiger partial charge on any atom is -0.492 e. The maximum atomic E-state index is 12.2. The van der Waals surface area contributed by atoms with Crippen molar-refractivity contribution in [3.8, 4) is 5.75 Å². The molecule has 25 heavy (non-hydrogen) atoms. The number of carbonyl (C=O) groups excluding carboxylic acids is 2. The molecule has 2 aromatic carbocycles. The summed E-state index contributed by atoms with van der Waals surface area (Å²) in [6.45, 7) is 4.34. The van der Waals surface area contributed by atoms with Crippen LogP contribution in [0.3, 0.4) is 0 Å². The maximum absolute atomic E-state index is 12.2. The van der Waals surface area contributed by atoms with Gasteiger partial charge in [-0.05, 0) is 43.7 Å². The molecule has 0 unspecified atom stereocenters. The van der Waals surface area contributed by atoms with Gasteiger partial charge < -0.3 is 20.7 Å². The van der Waals surface area contributed by atoms with Crippen LogP contribution >= 0.6 is 0 Å². The summed E-state index contributed by atoms with van der Waals surface area (Å²) >= 11 is 0. The summed E-state index contributed by atoms with van der Waals surface area (Å²) in [6.07, 6.45) is 0. The molecule has 2 rings (SSSR count). The first-order chi connectivity index (χ1) is 12.1. The van der Waals surface area contributed by atoms with E-state index in [0.717, 1.165) is 11.3 Å². The molecule has 0 aromatic heterocycles. The molecule has 0 fully saturated rings. The minimum atomic E-state index is -0.197. The van der Waals surface area contributed by atoms with Crippen molar-refractivity contribution in [3.63, 3.8) is 0 Å². The summed E-state index contributed by atoms with van der Waals surface area (Å²) in [7, 11) is 1.59. The Morgan fingerprint density at radius 2 is 1.76 bits per heavy atom. The van der Waals surface area contributed by atoms with E-state index in [1.165, 1.54) is 0 Å². The number of benzene rings is 2. The van der Waals surface area contributed by atoms with Gasteiger partial charge in [-0.25, -0.2) is 0 Å². The minimum absolute atomic E-state index is 0.0818. The van der Waals surface area contributed by atoms with E-state index < -0.39 is 0 Å². The van der Waals surface area contributed by atoms with Crippen molar-refractivity contribution in [2.75, 3.05) is 30.8 Å². The smallest absolute Gasteiger partial charge is 0.251 e. The zero-order valence-electron chi connectivity index (χ0n) is 14.7. The van der Waals surface area contributed by atoms with Crippen molar-refractivity contribution < 1.29 is 14.3 Å². The van der Waals surface area contributed by atoms with E-state index >= 15 is 0 Å². The van der Waals surface area contributed by atoms with Crippen molar-refractivity contribution >= 4 is 23.2 Å². The molecular formula is C19H23N3O3. The van der Waals surface area contributed by atoms with Gasteiger partial charge in [0.2, 0.25) is 5.91 Å². The Kier molecular flexibility index (Phi) is 6.39. The van der Waals surface area contributed by atoms with Gasteiger partial charge in [0.25, 0.3) is 5.91 Å². The number of rotatable bonds is 7. The summed E-state index contributed by atoms with van der Waals surface area (Å²) in [5.74, 6) is 0.282. The number of para-hydroxylation sites is 2. The first-order valence-electron chi connectivity index (χ1n) is 8.14. The van der Waals surface area contributed by atoms with Gasteiger partial charge in [0.05, 0.1) is 18.8 Å². The Labute approximate surface area is 147 Å². The van der Waals surface area contributed by atoms with Crippen LogP contribution in [0.15, 0.2) is 42.5 Å². The molecule has 0 aliphatic rings. The van der Waals surface area contributed by atoms with E-state index in [0.29, 0.717) is 23.6 Å². The zero-order chi connectivity index (χ0) is 18.2. The summed E-state index contributed by atoms with van der Waals surface area (Å²) in [5, 5.41) is 8.50. The van der Waals surface area contributed by atoms with Crippen LogP contribution in [0.1, 0.15) is 22.8 Å². The highest BCUT2D eigenvalue weighted by Gasteiger charge is 2.11. The topological polar surface area (TPSA) is 79.5 Å². The lowest BCUT2D eigenvalue weighted by molar-refractivity contribution is -0.114. The Hall–Kier alpha value is -3.02. The second kappa shape index (κ2) is 8.73. The number of amides is 2. The highest BCUT2D eigenvalue weighted by molar-refractivity contribution is 5.98. The van der Waals surface area contributed by atoms with E-state index in [2.05, 4.69) is 16.0 Å². The third kappa shape index (κ3) is 4.73. The average molecular weight is 341 g/mol. The predicted octanol–water partition coefficient (Wildman–Crippen LogP) is 2.80. The van der Waals surface area contributed by atoms with Crippen LogP contribution in [0, 0.1) is 6.92 Å². The largest absolute Gasteiger partial charge is 0.492 e. The van der Waals surface area contributed by atoms with E-state index in [1.54, 1.807) is 25.2 Å². The molecule has 0 heterocycles. The molecule has 0 saturated carbocycles. The highest BCUT2D eigenvalue weighted by Crippen LogP contribution is 2.23. The molecule has 6 heteroatoms. The standard InChI is InChI=1S/C19H23N3O3/c1-4-25-17-11-6-5-9-16(17)22-18(23)12-21-15-10-7-8-14(13(15)2)19(24)20-3/h5-11,21H,4,12H2,1-3H3,(H,20,24)(H,22,23). The van der Waals surface area contributed by atoms with Gasteiger partial charge in [0, 0.05) is 18.3 Å². The van der Waals surface area contributed by atoms with Gasteiger partial charge in [0.1, 0.15) is 5.75 Å². The molecular weight excluding hydrogens is 318 g/mol. The van der Waals surface area contributed by atoms with Crippen molar-refractivity contribution in [2.24, 2.45) is 0 Å². The first-order valence-corrected chi connectivity index (χ1v) is 8.14. The van der Waals surface area contributed by atoms with Crippen LogP contribution in [0.25, 0.3) is 0 Å². The first kappa shape index (κ1) is 18.3. The number of anilines is 2. The van der Waals surface area contributed by atoms with E-state index in [-0.39, 0.29) is 18.4 Å². The van der Waals surface area contributed by atoms with Crippen LogP contribution in [0.5, 0.6) is 5.75 Å². The molecule has 0 bridgehead atoms. The quantitative estimate of drug-likeness (QED) is 0.723. The third-order valence-corrected chi connectivity index (χ3v) is 3.71. The monoisotopic (exact) mass is 341 g/mol. The summed E-state index contributed by atoms with van der Waals surface area (Å²) in [6, 6.07) is 12.7. The second-order valence-corrected chi connectivity index (χ2v) is 5.39. The van der Waals surface area contributed by atoms with Crippen molar-refractivity contribution in [2.45, 2.75) is 13.8 Å². The van der Waals surface area contributed by atoms with Crippen molar-refractivity contribution in [3.05, 3.63) is 53.6 Å². The number of ether oxygens (including phenoxy) is 1. The summed E-state index contributed by atoms with van der Waals surface area (Å²) in [4.78, 5) is 24.1. The molecule has 0 radical (unpaired) electrons. The predicted molar refractivity (Wildman–Crippen MR) is 99.3 cm³/mol. The molecule has 3 N–H and O–H groups in total. The fourth-order valence-corrected chi connectivity index (χ4v) is 2.43. The normalized spacial score (nSPS) is 10.0. The molecule has 2 amide bonds. The number of nitrogens with one attached hydrogen (secondary N) is 3. The molecule has 2 aromatic rings. The maximum Gasteiger partial charge on any atom is 0.251 e. The van der Waals surface area contributed by atoms with Crippen LogP contribution in [0.4, 0.5) is 11.4 Å². The van der Waals surface area contributed by atoms with Crippen molar-refractivity contribution in [1.29, 1.82) is 0 Å². The van der Waals surface area contributed by atoms with Gasteiger partial charge in [-0.15, -0.1) is 0 Å². The lowest BCUT2D eigenvalue weighted by Gasteiger charge is -2.14. The fourth-order valence-electron chi connectivity index (χ4n) is 2.43. The average Bonchev–Trinajstić information content (AvgIpc) is 2.62. The SMILES string of the molecule is CCOc1ccccc1NC(=O)CNc1cccc(C(=O)NC)c1C. The number of carbonyl (C=O) groups is 2. The van der Waals surface area contributed by atoms with Gasteiger partial charge in [-0.1, -0.05) is 18.2 Å². The molecule has 0 aliphatic heterocycles. The van der Waals surface area contributed by atoms with Crippen LogP contribution < -0.4 is 20.7 Å². The van der Waals surface area contributed by atoms with E-state index in [9.17, 15) is 9.59 Å². The Bertz CT molecular complexity index is 759. The van der Waals surface area contributed by atoms with Crippen LogP contribution in [-0.4, -0.2) is 32.0 Å². The van der Waals surface area contributed by atoms with Crippen LogP contribution in [-0.2, 0) is 4.79 Å².